The lowest BCUT2D eigenvalue weighted by Gasteiger charge is -2.24. The molecule has 4 heteroatoms. The standard InChI is InChI=1S/C19H21NO3/c1-14-18(13-21)19(16-8-10-17(22-2)11-9-16)20(23-14)12-15-6-4-3-5-7-15/h3-11,13-14,18-19H,12H2,1-2H3/t14-,18-,19+/m1/s1. The first-order chi connectivity index (χ1) is 11.2. The SMILES string of the molecule is COc1ccc([C@H]2[C@H](C=O)[C@@H](C)ON2Cc2ccccc2)cc1. The zero-order chi connectivity index (χ0) is 16.2. The highest BCUT2D eigenvalue weighted by atomic mass is 16.7. The van der Waals surface area contributed by atoms with Crippen molar-refractivity contribution in [3.63, 3.8) is 0 Å². The Morgan fingerprint density at radius 1 is 1.13 bits per heavy atom. The molecule has 1 aliphatic rings. The summed E-state index contributed by atoms with van der Waals surface area (Å²) in [6.45, 7) is 2.59. The van der Waals surface area contributed by atoms with Crippen molar-refractivity contribution >= 4 is 6.29 Å². The number of hydroxylamine groups is 2. The van der Waals surface area contributed by atoms with Crippen LogP contribution in [0, 0.1) is 5.92 Å². The highest BCUT2D eigenvalue weighted by Gasteiger charge is 2.41. The van der Waals surface area contributed by atoms with E-state index in [-0.39, 0.29) is 18.1 Å². The highest BCUT2D eigenvalue weighted by Crippen LogP contribution is 2.39. The zero-order valence-electron chi connectivity index (χ0n) is 13.4. The van der Waals surface area contributed by atoms with Crippen molar-refractivity contribution in [2.24, 2.45) is 5.92 Å². The molecule has 1 fully saturated rings. The number of benzene rings is 2. The van der Waals surface area contributed by atoms with Crippen LogP contribution in [0.4, 0.5) is 0 Å². The lowest BCUT2D eigenvalue weighted by molar-refractivity contribution is -0.166. The first kappa shape index (κ1) is 15.7. The molecule has 1 saturated heterocycles. The van der Waals surface area contributed by atoms with Gasteiger partial charge in [-0.05, 0) is 30.2 Å². The second kappa shape index (κ2) is 6.94. The second-order valence-corrected chi connectivity index (χ2v) is 5.80. The molecule has 4 nitrogen and oxygen atoms in total. The molecule has 0 aromatic heterocycles. The van der Waals surface area contributed by atoms with Crippen LogP contribution >= 0.6 is 0 Å². The van der Waals surface area contributed by atoms with Crippen LogP contribution in [0.25, 0.3) is 0 Å². The number of methoxy groups -OCH3 is 1. The molecule has 0 radical (unpaired) electrons. The van der Waals surface area contributed by atoms with E-state index in [1.807, 2.05) is 54.5 Å². The Morgan fingerprint density at radius 3 is 2.43 bits per heavy atom. The molecule has 23 heavy (non-hydrogen) atoms. The van der Waals surface area contributed by atoms with Gasteiger partial charge in [-0.15, -0.1) is 0 Å². The first-order valence-electron chi connectivity index (χ1n) is 7.79. The molecule has 120 valence electrons. The number of carbonyl (C=O) groups excluding carboxylic acids is 1. The normalized spacial score (nSPS) is 24.5. The number of hydrogen-bond acceptors (Lipinski definition) is 4. The van der Waals surface area contributed by atoms with Gasteiger partial charge in [0.1, 0.15) is 12.0 Å². The van der Waals surface area contributed by atoms with Crippen molar-refractivity contribution in [2.45, 2.75) is 25.6 Å². The molecule has 0 aliphatic carbocycles. The molecular formula is C19H21NO3. The topological polar surface area (TPSA) is 38.8 Å². The van der Waals surface area contributed by atoms with Gasteiger partial charge in [0.25, 0.3) is 0 Å². The molecule has 0 amide bonds. The molecule has 0 spiro atoms. The molecule has 2 aromatic carbocycles. The quantitative estimate of drug-likeness (QED) is 0.794. The van der Waals surface area contributed by atoms with Crippen LogP contribution in [0.1, 0.15) is 24.1 Å². The summed E-state index contributed by atoms with van der Waals surface area (Å²) in [7, 11) is 1.64. The van der Waals surface area contributed by atoms with Gasteiger partial charge in [0, 0.05) is 6.54 Å². The van der Waals surface area contributed by atoms with Gasteiger partial charge in [-0.3, -0.25) is 4.84 Å². The van der Waals surface area contributed by atoms with E-state index >= 15 is 0 Å². The Labute approximate surface area is 136 Å². The minimum atomic E-state index is -0.188. The van der Waals surface area contributed by atoms with E-state index in [1.165, 1.54) is 0 Å². The van der Waals surface area contributed by atoms with Crippen molar-refractivity contribution in [3.05, 3.63) is 65.7 Å². The van der Waals surface area contributed by atoms with Gasteiger partial charge in [0.05, 0.1) is 25.2 Å². The summed E-state index contributed by atoms with van der Waals surface area (Å²) in [4.78, 5) is 17.6. The van der Waals surface area contributed by atoms with Gasteiger partial charge in [0.15, 0.2) is 0 Å². The molecule has 0 bridgehead atoms. The maximum atomic E-state index is 11.6. The molecule has 1 aliphatic heterocycles. The number of rotatable bonds is 5. The number of nitrogens with zero attached hydrogens (tertiary/aromatic N) is 1. The third-order valence-corrected chi connectivity index (χ3v) is 4.31. The lowest BCUT2D eigenvalue weighted by Crippen LogP contribution is -2.25. The van der Waals surface area contributed by atoms with Gasteiger partial charge in [0.2, 0.25) is 0 Å². The monoisotopic (exact) mass is 311 g/mol. The van der Waals surface area contributed by atoms with Gasteiger partial charge in [-0.1, -0.05) is 42.5 Å². The molecule has 0 saturated carbocycles. The summed E-state index contributed by atoms with van der Waals surface area (Å²) in [6.07, 6.45) is 0.869. The fourth-order valence-corrected chi connectivity index (χ4v) is 3.07. The Morgan fingerprint density at radius 2 is 1.83 bits per heavy atom. The first-order valence-corrected chi connectivity index (χ1v) is 7.79. The van der Waals surface area contributed by atoms with Gasteiger partial charge >= 0.3 is 0 Å². The fraction of sp³-hybridized carbons (Fsp3) is 0.316. The Bertz CT molecular complexity index is 641. The molecular weight excluding hydrogens is 290 g/mol. The Hall–Kier alpha value is -2.17. The number of aldehydes is 1. The predicted octanol–water partition coefficient (Wildman–Crippen LogP) is 3.39. The van der Waals surface area contributed by atoms with Crippen LogP contribution in [-0.4, -0.2) is 24.6 Å². The van der Waals surface area contributed by atoms with Gasteiger partial charge < -0.3 is 9.53 Å². The van der Waals surface area contributed by atoms with E-state index in [9.17, 15) is 4.79 Å². The van der Waals surface area contributed by atoms with Crippen LogP contribution in [0.15, 0.2) is 54.6 Å². The minimum absolute atomic E-state index is 0.0892. The van der Waals surface area contributed by atoms with E-state index in [0.717, 1.165) is 23.2 Å². The summed E-state index contributed by atoms with van der Waals surface area (Å²) < 4.78 is 5.21. The van der Waals surface area contributed by atoms with Crippen molar-refractivity contribution < 1.29 is 14.4 Å². The molecule has 2 aromatic rings. The van der Waals surface area contributed by atoms with Crippen molar-refractivity contribution in [1.82, 2.24) is 5.06 Å². The molecule has 3 atom stereocenters. The van der Waals surface area contributed by atoms with Crippen molar-refractivity contribution in [2.75, 3.05) is 7.11 Å². The van der Waals surface area contributed by atoms with E-state index in [0.29, 0.717) is 6.54 Å². The van der Waals surface area contributed by atoms with E-state index in [1.54, 1.807) is 7.11 Å². The second-order valence-electron chi connectivity index (χ2n) is 5.80. The largest absolute Gasteiger partial charge is 0.497 e. The van der Waals surface area contributed by atoms with Crippen LogP contribution in [0.2, 0.25) is 0 Å². The predicted molar refractivity (Wildman–Crippen MR) is 87.8 cm³/mol. The smallest absolute Gasteiger partial charge is 0.127 e. The summed E-state index contributed by atoms with van der Waals surface area (Å²) in [5.74, 6) is 0.616. The molecule has 1 heterocycles. The third kappa shape index (κ3) is 3.28. The minimum Gasteiger partial charge on any atom is -0.497 e. The number of carbonyl (C=O) groups is 1. The summed E-state index contributed by atoms with van der Waals surface area (Å²) in [5.41, 5.74) is 2.22. The highest BCUT2D eigenvalue weighted by molar-refractivity contribution is 5.57. The number of hydrogen-bond donors (Lipinski definition) is 0. The Balaban J connectivity index is 1.88. The van der Waals surface area contributed by atoms with Crippen LogP contribution in [0.3, 0.4) is 0 Å². The third-order valence-electron chi connectivity index (χ3n) is 4.31. The van der Waals surface area contributed by atoms with Crippen LogP contribution < -0.4 is 4.74 Å². The van der Waals surface area contributed by atoms with E-state index < -0.39 is 0 Å². The van der Waals surface area contributed by atoms with E-state index in [4.69, 9.17) is 9.57 Å². The summed E-state index contributed by atoms with van der Waals surface area (Å²) >= 11 is 0. The molecule has 0 N–H and O–H groups in total. The summed E-state index contributed by atoms with van der Waals surface area (Å²) in [5, 5.41) is 1.92. The van der Waals surface area contributed by atoms with Crippen molar-refractivity contribution in [3.8, 4) is 5.75 Å². The average molecular weight is 311 g/mol. The van der Waals surface area contributed by atoms with Crippen molar-refractivity contribution in [1.29, 1.82) is 0 Å². The van der Waals surface area contributed by atoms with Gasteiger partial charge in [-0.25, -0.2) is 0 Å². The zero-order valence-corrected chi connectivity index (χ0v) is 13.4. The maximum absolute atomic E-state index is 11.6. The lowest BCUT2D eigenvalue weighted by atomic mass is 9.91. The van der Waals surface area contributed by atoms with Crippen LogP contribution in [0.5, 0.6) is 5.75 Å². The number of ether oxygens (including phenoxy) is 1. The fourth-order valence-electron chi connectivity index (χ4n) is 3.07. The molecule has 3 rings (SSSR count). The summed E-state index contributed by atoms with van der Waals surface area (Å²) in [6, 6.07) is 17.9. The van der Waals surface area contributed by atoms with Crippen LogP contribution in [-0.2, 0) is 16.2 Å². The maximum Gasteiger partial charge on any atom is 0.127 e. The Kier molecular flexibility index (Phi) is 4.74. The van der Waals surface area contributed by atoms with Gasteiger partial charge in [-0.2, -0.15) is 5.06 Å². The average Bonchev–Trinajstić information content (AvgIpc) is 2.91. The van der Waals surface area contributed by atoms with E-state index in [2.05, 4.69) is 12.1 Å². The molecule has 0 unspecified atom stereocenters.